The van der Waals surface area contributed by atoms with Crippen molar-refractivity contribution in [3.63, 3.8) is 0 Å². The highest BCUT2D eigenvalue weighted by molar-refractivity contribution is 5.45. The first-order valence-electron chi connectivity index (χ1n) is 6.54. The molecule has 0 aliphatic carbocycles. The van der Waals surface area contributed by atoms with E-state index in [1.54, 1.807) is 6.20 Å². The zero-order valence-corrected chi connectivity index (χ0v) is 11.3. The van der Waals surface area contributed by atoms with Gasteiger partial charge in [0.05, 0.1) is 5.69 Å². The van der Waals surface area contributed by atoms with E-state index in [1.807, 2.05) is 29.0 Å². The zero-order valence-electron chi connectivity index (χ0n) is 11.3. The fraction of sp³-hybridized carbons (Fsp3) is 0.333. The van der Waals surface area contributed by atoms with Gasteiger partial charge in [-0.3, -0.25) is 4.57 Å². The van der Waals surface area contributed by atoms with E-state index in [-0.39, 0.29) is 6.04 Å². The number of hydrogen-bond donors (Lipinski definition) is 1. The summed E-state index contributed by atoms with van der Waals surface area (Å²) < 4.78 is 1.83. The molecule has 0 aliphatic rings. The topological polar surface area (TPSA) is 53.6 Å². The fourth-order valence-corrected chi connectivity index (χ4v) is 2.12. The van der Waals surface area contributed by atoms with E-state index in [4.69, 9.17) is 5.26 Å². The predicted molar refractivity (Wildman–Crippen MR) is 75.0 cm³/mol. The van der Waals surface area contributed by atoms with Crippen molar-refractivity contribution in [1.82, 2.24) is 14.9 Å². The van der Waals surface area contributed by atoms with Crippen LogP contribution >= 0.6 is 0 Å². The summed E-state index contributed by atoms with van der Waals surface area (Å²) in [6.07, 6.45) is 4.57. The average Bonchev–Trinajstić information content (AvgIpc) is 2.93. The molecule has 0 bridgehead atoms. The third-order valence-electron chi connectivity index (χ3n) is 3.10. The Morgan fingerprint density at radius 3 is 2.95 bits per heavy atom. The van der Waals surface area contributed by atoms with E-state index < -0.39 is 0 Å². The molecule has 98 valence electrons. The summed E-state index contributed by atoms with van der Waals surface area (Å²) in [5.74, 6) is 0.412. The van der Waals surface area contributed by atoms with Crippen molar-refractivity contribution in [1.29, 1.82) is 5.26 Å². The maximum Gasteiger partial charge on any atom is 0.217 e. The molecule has 2 aromatic rings. The van der Waals surface area contributed by atoms with Crippen LogP contribution in [0.15, 0.2) is 36.7 Å². The molecule has 2 rings (SSSR count). The molecule has 0 saturated carbocycles. The molecule has 1 aromatic carbocycles. The van der Waals surface area contributed by atoms with Gasteiger partial charge in [0.2, 0.25) is 5.82 Å². The Morgan fingerprint density at radius 1 is 1.42 bits per heavy atom. The normalized spacial score (nSPS) is 12.1. The Kier molecular flexibility index (Phi) is 4.32. The maximum absolute atomic E-state index is 9.09. The van der Waals surface area contributed by atoms with Crippen LogP contribution in [0.25, 0.3) is 5.69 Å². The lowest BCUT2D eigenvalue weighted by Gasteiger charge is -2.18. The van der Waals surface area contributed by atoms with E-state index in [0.29, 0.717) is 5.82 Å². The lowest BCUT2D eigenvalue weighted by atomic mass is 10.1. The smallest absolute Gasteiger partial charge is 0.217 e. The first kappa shape index (κ1) is 13.3. The van der Waals surface area contributed by atoms with E-state index in [1.165, 1.54) is 5.56 Å². The van der Waals surface area contributed by atoms with Crippen molar-refractivity contribution in [2.24, 2.45) is 0 Å². The third-order valence-corrected chi connectivity index (χ3v) is 3.10. The number of nitrogens with zero attached hydrogens (tertiary/aromatic N) is 3. The number of para-hydroxylation sites is 1. The minimum absolute atomic E-state index is 0.241. The first-order valence-corrected chi connectivity index (χ1v) is 6.54. The molecule has 4 heteroatoms. The first-order chi connectivity index (χ1) is 9.27. The second kappa shape index (κ2) is 6.17. The number of nitriles is 1. The van der Waals surface area contributed by atoms with Crippen molar-refractivity contribution in [2.45, 2.75) is 26.3 Å². The molecule has 19 heavy (non-hydrogen) atoms. The van der Waals surface area contributed by atoms with E-state index in [2.05, 4.69) is 36.3 Å². The summed E-state index contributed by atoms with van der Waals surface area (Å²) in [6, 6.07) is 10.5. The van der Waals surface area contributed by atoms with Gasteiger partial charge in [0, 0.05) is 18.4 Å². The number of hydrogen-bond acceptors (Lipinski definition) is 3. The quantitative estimate of drug-likeness (QED) is 0.892. The number of aromatic nitrogens is 2. The molecule has 1 N–H and O–H groups in total. The number of rotatable bonds is 5. The van der Waals surface area contributed by atoms with Gasteiger partial charge in [-0.2, -0.15) is 5.26 Å². The molecule has 4 nitrogen and oxygen atoms in total. The lowest BCUT2D eigenvalue weighted by molar-refractivity contribution is 0.568. The Hall–Kier alpha value is -2.12. The average molecular weight is 254 g/mol. The molecule has 0 radical (unpaired) electrons. The highest BCUT2D eigenvalue weighted by Gasteiger charge is 2.12. The van der Waals surface area contributed by atoms with Crippen molar-refractivity contribution in [2.75, 3.05) is 6.54 Å². The van der Waals surface area contributed by atoms with Gasteiger partial charge in [0.15, 0.2) is 0 Å². The van der Waals surface area contributed by atoms with Crippen LogP contribution in [-0.4, -0.2) is 16.1 Å². The summed E-state index contributed by atoms with van der Waals surface area (Å²) in [4.78, 5) is 4.06. The van der Waals surface area contributed by atoms with Crippen LogP contribution in [0.3, 0.4) is 0 Å². The summed E-state index contributed by atoms with van der Waals surface area (Å²) in [6.45, 7) is 5.26. The van der Waals surface area contributed by atoms with Crippen LogP contribution in [0.4, 0.5) is 0 Å². The van der Waals surface area contributed by atoms with Crippen LogP contribution < -0.4 is 5.32 Å². The van der Waals surface area contributed by atoms with E-state index in [0.717, 1.165) is 18.7 Å². The molecule has 0 spiro atoms. The standard InChI is InChI=1S/C15H18N4/c1-3-8-17-12(2)13-6-4-5-7-14(13)19-10-9-18-15(19)11-16/h4-7,9-10,12,17H,3,8H2,1-2H3. The Labute approximate surface area is 113 Å². The highest BCUT2D eigenvalue weighted by Crippen LogP contribution is 2.22. The van der Waals surface area contributed by atoms with Gasteiger partial charge in [0.25, 0.3) is 0 Å². The lowest BCUT2D eigenvalue weighted by Crippen LogP contribution is -2.20. The summed E-state index contributed by atoms with van der Waals surface area (Å²) in [7, 11) is 0. The molecule has 0 amide bonds. The van der Waals surface area contributed by atoms with Crippen molar-refractivity contribution < 1.29 is 0 Å². The molecule has 0 aliphatic heterocycles. The van der Waals surface area contributed by atoms with Gasteiger partial charge in [0.1, 0.15) is 6.07 Å². The molecular formula is C15H18N4. The second-order valence-electron chi connectivity index (χ2n) is 4.47. The minimum atomic E-state index is 0.241. The van der Waals surface area contributed by atoms with Crippen LogP contribution in [0, 0.1) is 11.3 Å². The van der Waals surface area contributed by atoms with Crippen molar-refractivity contribution in [3.8, 4) is 11.8 Å². The van der Waals surface area contributed by atoms with Crippen LogP contribution in [0.2, 0.25) is 0 Å². The van der Waals surface area contributed by atoms with Crippen LogP contribution in [0.5, 0.6) is 0 Å². The van der Waals surface area contributed by atoms with Gasteiger partial charge in [-0.1, -0.05) is 25.1 Å². The number of imidazole rings is 1. The molecule has 1 unspecified atom stereocenters. The van der Waals surface area contributed by atoms with Crippen LogP contribution in [-0.2, 0) is 0 Å². The second-order valence-corrected chi connectivity index (χ2v) is 4.47. The Bertz CT molecular complexity index is 580. The Morgan fingerprint density at radius 2 is 2.21 bits per heavy atom. The summed E-state index contributed by atoms with van der Waals surface area (Å²) in [5, 5.41) is 12.6. The molecule has 1 atom stereocenters. The highest BCUT2D eigenvalue weighted by atomic mass is 15.1. The fourth-order valence-electron chi connectivity index (χ4n) is 2.12. The molecule has 1 heterocycles. The zero-order chi connectivity index (χ0) is 13.7. The largest absolute Gasteiger partial charge is 0.310 e. The molecule has 1 aromatic heterocycles. The van der Waals surface area contributed by atoms with Gasteiger partial charge in [-0.15, -0.1) is 0 Å². The van der Waals surface area contributed by atoms with Gasteiger partial charge >= 0.3 is 0 Å². The Balaban J connectivity index is 2.39. The number of benzene rings is 1. The van der Waals surface area contributed by atoms with E-state index in [9.17, 15) is 0 Å². The monoisotopic (exact) mass is 254 g/mol. The SMILES string of the molecule is CCCNC(C)c1ccccc1-n1ccnc1C#N. The van der Waals surface area contributed by atoms with Gasteiger partial charge in [-0.25, -0.2) is 4.98 Å². The van der Waals surface area contributed by atoms with Gasteiger partial charge < -0.3 is 5.32 Å². The van der Waals surface area contributed by atoms with Gasteiger partial charge in [-0.05, 0) is 31.5 Å². The molecular weight excluding hydrogens is 236 g/mol. The van der Waals surface area contributed by atoms with Crippen molar-refractivity contribution in [3.05, 3.63) is 48.0 Å². The summed E-state index contributed by atoms with van der Waals surface area (Å²) >= 11 is 0. The maximum atomic E-state index is 9.09. The predicted octanol–water partition coefficient (Wildman–Crippen LogP) is 2.80. The third kappa shape index (κ3) is 2.83. The molecule has 0 saturated heterocycles. The number of nitrogens with one attached hydrogen (secondary N) is 1. The van der Waals surface area contributed by atoms with Crippen molar-refractivity contribution >= 4 is 0 Å². The van der Waals surface area contributed by atoms with Crippen LogP contribution in [0.1, 0.15) is 37.7 Å². The summed E-state index contributed by atoms with van der Waals surface area (Å²) in [5.41, 5.74) is 2.18. The molecule has 0 fully saturated rings. The van der Waals surface area contributed by atoms with E-state index >= 15 is 0 Å². The minimum Gasteiger partial charge on any atom is -0.310 e.